The second kappa shape index (κ2) is 8.01. The molecular weight excluding hydrogens is 380 g/mol. The molecule has 0 atom stereocenters. The summed E-state index contributed by atoms with van der Waals surface area (Å²) in [6.07, 6.45) is 2.95. The summed E-state index contributed by atoms with van der Waals surface area (Å²) in [5, 5.41) is 8.83. The van der Waals surface area contributed by atoms with Gasteiger partial charge in [-0.05, 0) is 43.7 Å². The number of nitrogens with two attached hydrogens (primary N) is 1. The molecule has 0 aliphatic heterocycles. The van der Waals surface area contributed by atoms with E-state index in [1.807, 2.05) is 6.92 Å². The van der Waals surface area contributed by atoms with Gasteiger partial charge in [0.25, 0.3) is 0 Å². The first-order valence-corrected chi connectivity index (χ1v) is 8.48. The fourth-order valence-corrected chi connectivity index (χ4v) is 2.71. The highest BCUT2D eigenvalue weighted by Gasteiger charge is 2.11. The van der Waals surface area contributed by atoms with E-state index in [4.69, 9.17) is 10.9 Å². The normalized spacial score (nSPS) is 10.5. The monoisotopic (exact) mass is 397 g/mol. The summed E-state index contributed by atoms with van der Waals surface area (Å²) in [5.74, 6) is 3.96. The minimum Gasteiger partial charge on any atom is -0.478 e. The molecule has 0 saturated carbocycles. The van der Waals surface area contributed by atoms with E-state index in [2.05, 4.69) is 15.0 Å². The number of hydrogen-bond donors (Lipinski definition) is 2. The number of aromatic carboxylic acids is 1. The van der Waals surface area contributed by atoms with Crippen molar-refractivity contribution in [2.24, 2.45) is 0 Å². The third kappa shape index (κ3) is 4.34. The summed E-state index contributed by atoms with van der Waals surface area (Å²) in [6.45, 7) is 3.42. The van der Waals surface area contributed by atoms with Crippen LogP contribution in [-0.2, 0) is 0 Å². The van der Waals surface area contributed by atoms with Crippen LogP contribution in [0, 0.1) is 25.6 Å². The highest BCUT2D eigenvalue weighted by molar-refractivity contribution is 5.88. The SMILES string of the molecule is Cc1cn(N)c2ccc(F)nc12.Cc1nc(-c2cccc(F)c2)ncc1C(=O)O. The number of carboxylic acids is 1. The molecule has 0 spiro atoms. The summed E-state index contributed by atoms with van der Waals surface area (Å²) < 4.78 is 27.1. The average Bonchev–Trinajstić information content (AvgIpc) is 2.95. The van der Waals surface area contributed by atoms with Gasteiger partial charge in [-0.3, -0.25) is 4.68 Å². The molecule has 3 heterocycles. The minimum absolute atomic E-state index is 0.0464. The van der Waals surface area contributed by atoms with E-state index in [1.54, 1.807) is 31.3 Å². The molecule has 0 amide bonds. The van der Waals surface area contributed by atoms with E-state index in [0.717, 1.165) is 11.1 Å². The van der Waals surface area contributed by atoms with Crippen molar-refractivity contribution < 1.29 is 18.7 Å². The standard InChI is InChI=1S/C12H9FN2O2.C8H8FN3/c1-7-10(12(16)17)6-14-11(15-7)8-3-2-4-9(13)5-8;1-5-4-12(10)6-2-3-7(9)11-8(5)6/h2-6H,1H3,(H,16,17);2-4H,10H2,1H3. The van der Waals surface area contributed by atoms with E-state index in [-0.39, 0.29) is 11.4 Å². The molecule has 4 rings (SSSR count). The first-order chi connectivity index (χ1) is 13.8. The Balaban J connectivity index is 0.000000176. The van der Waals surface area contributed by atoms with Gasteiger partial charge in [0.05, 0.1) is 22.3 Å². The van der Waals surface area contributed by atoms with Crippen LogP contribution in [0.4, 0.5) is 8.78 Å². The first-order valence-electron chi connectivity index (χ1n) is 8.48. The van der Waals surface area contributed by atoms with Crippen molar-refractivity contribution in [3.63, 3.8) is 0 Å². The Kier molecular flexibility index (Phi) is 5.49. The molecule has 4 aromatic rings. The first kappa shape index (κ1) is 19.9. The van der Waals surface area contributed by atoms with Gasteiger partial charge in [0.1, 0.15) is 5.82 Å². The van der Waals surface area contributed by atoms with Gasteiger partial charge in [0.2, 0.25) is 5.95 Å². The van der Waals surface area contributed by atoms with Gasteiger partial charge in [-0.25, -0.2) is 24.1 Å². The van der Waals surface area contributed by atoms with Crippen LogP contribution in [-0.4, -0.2) is 30.7 Å². The van der Waals surface area contributed by atoms with E-state index in [0.29, 0.717) is 22.6 Å². The Morgan fingerprint density at radius 3 is 2.55 bits per heavy atom. The number of hydrogen-bond acceptors (Lipinski definition) is 5. The minimum atomic E-state index is -1.08. The number of aryl methyl sites for hydroxylation is 2. The lowest BCUT2D eigenvalue weighted by molar-refractivity contribution is 0.0695. The maximum Gasteiger partial charge on any atom is 0.339 e. The summed E-state index contributed by atoms with van der Waals surface area (Å²) in [6, 6.07) is 8.75. The lowest BCUT2D eigenvalue weighted by atomic mass is 10.2. The Morgan fingerprint density at radius 2 is 1.90 bits per heavy atom. The summed E-state index contributed by atoms with van der Waals surface area (Å²) >= 11 is 0. The maximum atomic E-state index is 13.0. The molecule has 9 heteroatoms. The van der Waals surface area contributed by atoms with Crippen molar-refractivity contribution in [2.75, 3.05) is 5.84 Å². The molecule has 0 fully saturated rings. The molecule has 3 aromatic heterocycles. The van der Waals surface area contributed by atoms with Gasteiger partial charge in [0, 0.05) is 18.0 Å². The number of rotatable bonds is 2. The fraction of sp³-hybridized carbons (Fsp3) is 0.100. The number of fused-ring (bicyclic) bond motifs is 1. The number of nitrogen functional groups attached to an aromatic ring is 1. The van der Waals surface area contributed by atoms with Crippen molar-refractivity contribution in [1.29, 1.82) is 0 Å². The molecule has 0 saturated heterocycles. The smallest absolute Gasteiger partial charge is 0.339 e. The highest BCUT2D eigenvalue weighted by atomic mass is 19.1. The molecule has 0 bridgehead atoms. The highest BCUT2D eigenvalue weighted by Crippen LogP contribution is 2.17. The Labute approximate surface area is 164 Å². The Hall–Kier alpha value is -3.88. The van der Waals surface area contributed by atoms with E-state index < -0.39 is 11.9 Å². The maximum absolute atomic E-state index is 13.0. The number of nitrogens with zero attached hydrogens (tertiary/aromatic N) is 4. The van der Waals surface area contributed by atoms with Crippen LogP contribution in [0.5, 0.6) is 0 Å². The second-order valence-corrected chi connectivity index (χ2v) is 6.23. The van der Waals surface area contributed by atoms with Crippen molar-refractivity contribution in [3.8, 4) is 11.4 Å². The number of aromatic nitrogens is 4. The van der Waals surface area contributed by atoms with Crippen LogP contribution in [0.3, 0.4) is 0 Å². The average molecular weight is 397 g/mol. The third-order valence-corrected chi connectivity index (χ3v) is 4.12. The third-order valence-electron chi connectivity index (χ3n) is 4.12. The van der Waals surface area contributed by atoms with Crippen LogP contribution < -0.4 is 5.84 Å². The second-order valence-electron chi connectivity index (χ2n) is 6.23. The number of carboxylic acid groups (broad SMARTS) is 1. The molecule has 7 nitrogen and oxygen atoms in total. The van der Waals surface area contributed by atoms with Gasteiger partial charge in [-0.1, -0.05) is 12.1 Å². The van der Waals surface area contributed by atoms with Gasteiger partial charge < -0.3 is 10.9 Å². The zero-order chi connectivity index (χ0) is 21.1. The zero-order valence-electron chi connectivity index (χ0n) is 15.6. The molecule has 0 unspecified atom stereocenters. The van der Waals surface area contributed by atoms with Crippen molar-refractivity contribution in [2.45, 2.75) is 13.8 Å². The largest absolute Gasteiger partial charge is 0.478 e. The van der Waals surface area contributed by atoms with Crippen LogP contribution in [0.25, 0.3) is 22.4 Å². The fourth-order valence-electron chi connectivity index (χ4n) is 2.71. The zero-order valence-corrected chi connectivity index (χ0v) is 15.6. The summed E-state index contributed by atoms with van der Waals surface area (Å²) in [4.78, 5) is 22.5. The molecule has 1 aromatic carbocycles. The Morgan fingerprint density at radius 1 is 1.14 bits per heavy atom. The molecule has 29 heavy (non-hydrogen) atoms. The summed E-state index contributed by atoms with van der Waals surface area (Å²) in [5.41, 5.74) is 3.17. The van der Waals surface area contributed by atoms with Gasteiger partial charge in [-0.15, -0.1) is 0 Å². The molecule has 0 aliphatic rings. The van der Waals surface area contributed by atoms with E-state index >= 15 is 0 Å². The topological polar surface area (TPSA) is 107 Å². The van der Waals surface area contributed by atoms with Gasteiger partial charge in [0.15, 0.2) is 5.82 Å². The van der Waals surface area contributed by atoms with E-state index in [9.17, 15) is 13.6 Å². The number of benzene rings is 1. The quantitative estimate of drug-likeness (QED) is 0.396. The molecule has 0 aliphatic carbocycles. The predicted molar refractivity (Wildman–Crippen MR) is 104 cm³/mol. The molecule has 0 radical (unpaired) electrons. The number of pyridine rings is 1. The number of carbonyl (C=O) groups is 1. The molecule has 148 valence electrons. The molecular formula is C20H17F2N5O2. The lowest BCUT2D eigenvalue weighted by Gasteiger charge is -2.03. The van der Waals surface area contributed by atoms with Crippen LogP contribution in [0.15, 0.2) is 48.8 Å². The van der Waals surface area contributed by atoms with Crippen molar-refractivity contribution in [1.82, 2.24) is 19.6 Å². The van der Waals surface area contributed by atoms with Crippen molar-refractivity contribution >= 4 is 17.0 Å². The van der Waals surface area contributed by atoms with Gasteiger partial charge in [-0.2, -0.15) is 4.39 Å². The van der Waals surface area contributed by atoms with Crippen molar-refractivity contribution in [3.05, 3.63) is 77.4 Å². The predicted octanol–water partition coefficient (Wildman–Crippen LogP) is 3.49. The van der Waals surface area contributed by atoms with Gasteiger partial charge >= 0.3 is 5.97 Å². The van der Waals surface area contributed by atoms with Crippen LogP contribution in [0.2, 0.25) is 0 Å². The lowest BCUT2D eigenvalue weighted by Crippen LogP contribution is -2.05. The van der Waals surface area contributed by atoms with E-state index in [1.165, 1.54) is 29.1 Å². The Bertz CT molecular complexity index is 1210. The summed E-state index contributed by atoms with van der Waals surface area (Å²) in [7, 11) is 0. The van der Waals surface area contributed by atoms with Crippen LogP contribution in [0.1, 0.15) is 21.6 Å². The van der Waals surface area contributed by atoms with Crippen LogP contribution >= 0.6 is 0 Å². The number of halogens is 2. The molecule has 3 N–H and O–H groups in total.